The van der Waals surface area contributed by atoms with Gasteiger partial charge in [-0.2, -0.15) is 11.8 Å². The Hall–Kier alpha value is -1.93. The summed E-state index contributed by atoms with van der Waals surface area (Å²) in [6, 6.07) is 3.54. The summed E-state index contributed by atoms with van der Waals surface area (Å²) in [6.07, 6.45) is 3.27. The molecule has 4 rings (SSSR count). The molecular weight excluding hydrogens is 381 g/mol. The second-order valence-corrected chi connectivity index (χ2v) is 8.78. The van der Waals surface area contributed by atoms with E-state index in [9.17, 15) is 18.8 Å². The fraction of sp³-hybridized carbons (Fsp3) is 0.550. The van der Waals surface area contributed by atoms with Gasteiger partial charge in [0.25, 0.3) is 0 Å². The Morgan fingerprint density at radius 2 is 2.04 bits per heavy atom. The molecule has 150 valence electrons. The first kappa shape index (κ1) is 19.4. The predicted octanol–water partition coefficient (Wildman–Crippen LogP) is 2.10. The highest BCUT2D eigenvalue weighted by molar-refractivity contribution is 7.98. The van der Waals surface area contributed by atoms with E-state index in [2.05, 4.69) is 10.6 Å². The first-order chi connectivity index (χ1) is 13.4. The number of carbonyl (C=O) groups is 3. The third kappa shape index (κ3) is 2.47. The number of amides is 3. The van der Waals surface area contributed by atoms with Crippen molar-refractivity contribution in [3.63, 3.8) is 0 Å². The van der Waals surface area contributed by atoms with Gasteiger partial charge in [-0.25, -0.2) is 4.39 Å². The lowest BCUT2D eigenvalue weighted by atomic mass is 9.76. The average molecular weight is 405 g/mol. The summed E-state index contributed by atoms with van der Waals surface area (Å²) < 4.78 is 14.1. The SMILES string of the molecule is CC[C@H](C)N1C(=O)[C@@H]2[C@H](CCSC)N[C@]3(C(=O)Nc4ccc(F)cc43)[C@@H]2C1=O. The van der Waals surface area contributed by atoms with E-state index in [1.165, 1.54) is 23.1 Å². The van der Waals surface area contributed by atoms with E-state index in [1.807, 2.05) is 20.1 Å². The summed E-state index contributed by atoms with van der Waals surface area (Å²) in [7, 11) is 0. The first-order valence-corrected chi connectivity index (χ1v) is 11.0. The molecule has 1 aromatic rings. The van der Waals surface area contributed by atoms with E-state index in [0.29, 0.717) is 24.1 Å². The predicted molar refractivity (Wildman–Crippen MR) is 105 cm³/mol. The van der Waals surface area contributed by atoms with Crippen LogP contribution in [0.2, 0.25) is 0 Å². The van der Waals surface area contributed by atoms with Gasteiger partial charge in [-0.05, 0) is 50.0 Å². The number of likely N-dealkylation sites (tertiary alicyclic amines) is 1. The van der Waals surface area contributed by atoms with E-state index < -0.39 is 23.2 Å². The summed E-state index contributed by atoms with van der Waals surface area (Å²) in [4.78, 5) is 41.1. The molecule has 5 atom stereocenters. The van der Waals surface area contributed by atoms with Crippen LogP contribution in [0, 0.1) is 17.7 Å². The second-order valence-electron chi connectivity index (χ2n) is 7.79. The molecule has 0 radical (unpaired) electrons. The molecule has 28 heavy (non-hydrogen) atoms. The lowest BCUT2D eigenvalue weighted by molar-refractivity contribution is -0.145. The number of thioether (sulfide) groups is 1. The monoisotopic (exact) mass is 405 g/mol. The molecule has 3 heterocycles. The standard InChI is InChI=1S/C20H24FN3O3S/c1-4-10(2)24-17(25)15-14(7-8-28-3)23-20(16(15)18(24)26)12-9-11(21)5-6-13(12)22-19(20)27/h5-6,9-10,14-16,23H,4,7-8H2,1-3H3,(H,22,27)/t10-,14-,15+,16-,20-/m0/s1. The van der Waals surface area contributed by atoms with Gasteiger partial charge in [-0.15, -0.1) is 0 Å². The van der Waals surface area contributed by atoms with Crippen molar-refractivity contribution in [1.82, 2.24) is 10.2 Å². The molecule has 0 aliphatic carbocycles. The van der Waals surface area contributed by atoms with Crippen LogP contribution in [-0.4, -0.2) is 46.7 Å². The molecule has 0 aromatic heterocycles. The largest absolute Gasteiger partial charge is 0.324 e. The fourth-order valence-corrected chi connectivity index (χ4v) is 5.40. The quantitative estimate of drug-likeness (QED) is 0.734. The van der Waals surface area contributed by atoms with Gasteiger partial charge in [0.15, 0.2) is 0 Å². The minimum Gasteiger partial charge on any atom is -0.324 e. The number of imide groups is 1. The maximum atomic E-state index is 14.1. The van der Waals surface area contributed by atoms with Gasteiger partial charge in [0.2, 0.25) is 17.7 Å². The summed E-state index contributed by atoms with van der Waals surface area (Å²) in [6.45, 7) is 3.77. The van der Waals surface area contributed by atoms with Gasteiger partial charge in [0.1, 0.15) is 11.4 Å². The van der Waals surface area contributed by atoms with Crippen LogP contribution < -0.4 is 10.6 Å². The Balaban J connectivity index is 1.86. The Labute approximate surface area is 167 Å². The van der Waals surface area contributed by atoms with Gasteiger partial charge < -0.3 is 5.32 Å². The molecule has 0 saturated carbocycles. The van der Waals surface area contributed by atoms with E-state index in [1.54, 1.807) is 11.8 Å². The van der Waals surface area contributed by atoms with Crippen LogP contribution >= 0.6 is 11.8 Å². The molecule has 3 amide bonds. The summed E-state index contributed by atoms with van der Waals surface area (Å²) in [5, 5.41) is 6.10. The highest BCUT2D eigenvalue weighted by Crippen LogP contribution is 2.53. The Morgan fingerprint density at radius 1 is 1.29 bits per heavy atom. The molecular formula is C20H24FN3O3S. The van der Waals surface area contributed by atoms with Crippen molar-refractivity contribution in [2.75, 3.05) is 17.3 Å². The fourth-order valence-electron chi connectivity index (χ4n) is 4.91. The number of benzene rings is 1. The number of nitrogens with one attached hydrogen (secondary N) is 2. The molecule has 2 N–H and O–H groups in total. The molecule has 1 spiro atoms. The van der Waals surface area contributed by atoms with Crippen molar-refractivity contribution in [2.45, 2.75) is 44.3 Å². The van der Waals surface area contributed by atoms with Gasteiger partial charge >= 0.3 is 0 Å². The second kappa shape index (κ2) is 6.84. The Morgan fingerprint density at radius 3 is 2.71 bits per heavy atom. The minimum atomic E-state index is -1.40. The molecule has 1 aromatic carbocycles. The van der Waals surface area contributed by atoms with Crippen LogP contribution in [0.4, 0.5) is 10.1 Å². The number of anilines is 1. The van der Waals surface area contributed by atoms with Crippen molar-refractivity contribution < 1.29 is 18.8 Å². The molecule has 0 unspecified atom stereocenters. The van der Waals surface area contributed by atoms with Crippen molar-refractivity contribution in [3.05, 3.63) is 29.6 Å². The maximum Gasteiger partial charge on any atom is 0.250 e. The smallest absolute Gasteiger partial charge is 0.250 e. The number of hydrogen-bond donors (Lipinski definition) is 2. The maximum absolute atomic E-state index is 14.1. The normalized spacial score (nSPS) is 32.1. The zero-order chi connectivity index (χ0) is 20.2. The summed E-state index contributed by atoms with van der Waals surface area (Å²) >= 11 is 1.65. The van der Waals surface area contributed by atoms with Crippen LogP contribution in [0.25, 0.3) is 0 Å². The molecule has 6 nitrogen and oxygen atoms in total. The number of halogens is 1. The molecule has 2 fully saturated rings. The van der Waals surface area contributed by atoms with Crippen LogP contribution in [0.15, 0.2) is 18.2 Å². The minimum absolute atomic E-state index is 0.225. The van der Waals surface area contributed by atoms with Gasteiger partial charge in [0.05, 0.1) is 11.8 Å². The third-order valence-corrected chi connectivity index (χ3v) is 7.02. The van der Waals surface area contributed by atoms with Crippen LogP contribution in [-0.2, 0) is 19.9 Å². The number of carbonyl (C=O) groups excluding carboxylic acids is 3. The van der Waals surface area contributed by atoms with Crippen molar-refractivity contribution in [3.8, 4) is 0 Å². The first-order valence-electron chi connectivity index (χ1n) is 9.61. The highest BCUT2D eigenvalue weighted by Gasteiger charge is 2.70. The summed E-state index contributed by atoms with van der Waals surface area (Å²) in [5.74, 6) is -2.11. The van der Waals surface area contributed by atoms with Gasteiger partial charge in [0, 0.05) is 23.3 Å². The zero-order valence-electron chi connectivity index (χ0n) is 16.1. The van der Waals surface area contributed by atoms with E-state index in [4.69, 9.17) is 0 Å². The topological polar surface area (TPSA) is 78.5 Å². The Bertz CT molecular complexity index is 863. The van der Waals surface area contributed by atoms with Crippen LogP contribution in [0.5, 0.6) is 0 Å². The van der Waals surface area contributed by atoms with Crippen LogP contribution in [0.3, 0.4) is 0 Å². The molecule has 8 heteroatoms. The number of rotatable bonds is 5. The molecule has 0 bridgehead atoms. The molecule has 3 aliphatic rings. The zero-order valence-corrected chi connectivity index (χ0v) is 16.9. The highest BCUT2D eigenvalue weighted by atomic mass is 32.2. The molecule has 2 saturated heterocycles. The number of hydrogen-bond acceptors (Lipinski definition) is 5. The average Bonchev–Trinajstić information content (AvgIpc) is 3.25. The van der Waals surface area contributed by atoms with E-state index in [-0.39, 0.29) is 29.8 Å². The van der Waals surface area contributed by atoms with Crippen molar-refractivity contribution in [1.29, 1.82) is 0 Å². The Kier molecular flexibility index (Phi) is 4.74. The van der Waals surface area contributed by atoms with Gasteiger partial charge in [-0.1, -0.05) is 6.92 Å². The lowest BCUT2D eigenvalue weighted by Gasteiger charge is -2.31. The third-order valence-electron chi connectivity index (χ3n) is 6.38. The molecule has 3 aliphatic heterocycles. The van der Waals surface area contributed by atoms with Gasteiger partial charge in [-0.3, -0.25) is 24.6 Å². The van der Waals surface area contributed by atoms with E-state index >= 15 is 0 Å². The van der Waals surface area contributed by atoms with Crippen LogP contribution in [0.1, 0.15) is 32.3 Å². The van der Waals surface area contributed by atoms with E-state index in [0.717, 1.165) is 5.75 Å². The summed E-state index contributed by atoms with van der Waals surface area (Å²) in [5.41, 5.74) is -0.489. The van der Waals surface area contributed by atoms with Crippen molar-refractivity contribution >= 4 is 35.2 Å². The van der Waals surface area contributed by atoms with Crippen molar-refractivity contribution in [2.24, 2.45) is 11.8 Å². The number of nitrogens with zero attached hydrogens (tertiary/aromatic N) is 1. The lowest BCUT2D eigenvalue weighted by Crippen LogP contribution is -2.54. The number of fused-ring (bicyclic) bond motifs is 4.